The average Bonchev–Trinajstić information content (AvgIpc) is 2.87. The van der Waals surface area contributed by atoms with Gasteiger partial charge in [0.05, 0.1) is 25.9 Å². The molecule has 0 aliphatic carbocycles. The number of carbonyl (C=O) groups is 2. The van der Waals surface area contributed by atoms with Gasteiger partial charge in [-0.3, -0.25) is 14.6 Å². The molecule has 1 fully saturated rings. The molecule has 0 unspecified atom stereocenters. The lowest BCUT2D eigenvalue weighted by molar-refractivity contribution is -0.128. The van der Waals surface area contributed by atoms with Gasteiger partial charge in [0.25, 0.3) is 5.91 Å². The SMILES string of the molecule is C[C@H]1C(=O)N(C[C@H](O)COCc2ccccc2Cl)C(=O)N1c1ccccc1. The van der Waals surface area contributed by atoms with Crippen molar-refractivity contribution in [2.75, 3.05) is 18.1 Å². The van der Waals surface area contributed by atoms with Crippen molar-refractivity contribution in [1.29, 1.82) is 0 Å². The number of ether oxygens (including phenoxy) is 1. The summed E-state index contributed by atoms with van der Waals surface area (Å²) in [4.78, 5) is 27.6. The van der Waals surface area contributed by atoms with E-state index in [1.54, 1.807) is 37.3 Å². The monoisotopic (exact) mass is 388 g/mol. The third-order valence-corrected chi connectivity index (χ3v) is 4.77. The number of urea groups is 1. The van der Waals surface area contributed by atoms with Gasteiger partial charge >= 0.3 is 6.03 Å². The summed E-state index contributed by atoms with van der Waals surface area (Å²) in [6.07, 6.45) is -0.983. The molecule has 27 heavy (non-hydrogen) atoms. The number of rotatable bonds is 7. The highest BCUT2D eigenvalue weighted by atomic mass is 35.5. The third-order valence-electron chi connectivity index (χ3n) is 4.40. The summed E-state index contributed by atoms with van der Waals surface area (Å²) in [5, 5.41) is 10.8. The molecule has 0 spiro atoms. The smallest absolute Gasteiger partial charge is 0.332 e. The zero-order chi connectivity index (χ0) is 19.4. The zero-order valence-corrected chi connectivity index (χ0v) is 15.7. The Balaban J connectivity index is 1.57. The number of nitrogens with zero attached hydrogens (tertiary/aromatic N) is 2. The van der Waals surface area contributed by atoms with Crippen molar-refractivity contribution in [3.8, 4) is 0 Å². The number of amides is 3. The molecule has 2 atom stereocenters. The summed E-state index contributed by atoms with van der Waals surface area (Å²) in [6, 6.07) is 15.2. The number of aliphatic hydroxyl groups is 1. The van der Waals surface area contributed by atoms with Crippen LogP contribution in [0.15, 0.2) is 54.6 Å². The molecule has 1 aliphatic rings. The van der Waals surface area contributed by atoms with Crippen molar-refractivity contribution in [1.82, 2.24) is 4.90 Å². The van der Waals surface area contributed by atoms with Crippen LogP contribution in [-0.4, -0.2) is 47.2 Å². The van der Waals surface area contributed by atoms with Gasteiger partial charge in [0, 0.05) is 10.7 Å². The van der Waals surface area contributed by atoms with Gasteiger partial charge in [-0.05, 0) is 30.7 Å². The first-order valence-electron chi connectivity index (χ1n) is 8.68. The van der Waals surface area contributed by atoms with Crippen LogP contribution in [0.1, 0.15) is 12.5 Å². The van der Waals surface area contributed by atoms with E-state index in [0.29, 0.717) is 10.7 Å². The molecule has 0 bridgehead atoms. The molecule has 142 valence electrons. The lowest BCUT2D eigenvalue weighted by Gasteiger charge is -2.20. The Kier molecular flexibility index (Phi) is 6.11. The van der Waals surface area contributed by atoms with Crippen molar-refractivity contribution >= 4 is 29.2 Å². The minimum absolute atomic E-state index is 0.0119. The van der Waals surface area contributed by atoms with Gasteiger partial charge in [-0.25, -0.2) is 4.79 Å². The van der Waals surface area contributed by atoms with E-state index in [4.69, 9.17) is 16.3 Å². The molecule has 1 heterocycles. The minimum Gasteiger partial charge on any atom is -0.389 e. The number of imide groups is 1. The second-order valence-electron chi connectivity index (χ2n) is 6.37. The lowest BCUT2D eigenvalue weighted by Crippen LogP contribution is -2.40. The Bertz CT molecular complexity index is 815. The third kappa shape index (κ3) is 4.30. The molecule has 0 aromatic heterocycles. The van der Waals surface area contributed by atoms with Crippen LogP contribution in [0.3, 0.4) is 0 Å². The van der Waals surface area contributed by atoms with Gasteiger partial charge < -0.3 is 9.84 Å². The molecule has 2 aromatic carbocycles. The molecule has 2 aromatic rings. The maximum atomic E-state index is 12.7. The first kappa shape index (κ1) is 19.4. The molecule has 0 saturated carbocycles. The molecule has 3 rings (SSSR count). The molecule has 1 N–H and O–H groups in total. The lowest BCUT2D eigenvalue weighted by atomic mass is 10.2. The fraction of sp³-hybridized carbons (Fsp3) is 0.300. The van der Waals surface area contributed by atoms with Crippen LogP contribution >= 0.6 is 11.6 Å². The van der Waals surface area contributed by atoms with E-state index in [1.807, 2.05) is 24.3 Å². The van der Waals surface area contributed by atoms with Crippen LogP contribution < -0.4 is 4.90 Å². The maximum Gasteiger partial charge on any atom is 0.332 e. The molecule has 3 amide bonds. The van der Waals surface area contributed by atoms with Crippen LogP contribution in [0.2, 0.25) is 5.02 Å². The van der Waals surface area contributed by atoms with Gasteiger partial charge in [0.2, 0.25) is 0 Å². The number of hydrogen-bond acceptors (Lipinski definition) is 4. The van der Waals surface area contributed by atoms with Gasteiger partial charge in [-0.1, -0.05) is 48.0 Å². The maximum absolute atomic E-state index is 12.7. The van der Waals surface area contributed by atoms with Crippen molar-refractivity contribution in [3.05, 3.63) is 65.2 Å². The first-order valence-corrected chi connectivity index (χ1v) is 9.05. The molecule has 1 aliphatic heterocycles. The van der Waals surface area contributed by atoms with Crippen molar-refractivity contribution < 1.29 is 19.4 Å². The molecular weight excluding hydrogens is 368 g/mol. The molecule has 6 nitrogen and oxygen atoms in total. The van der Waals surface area contributed by atoms with Crippen LogP contribution in [0.5, 0.6) is 0 Å². The number of β-amino-alcohol motifs (C(OH)–C–C–N with tert-alkyl or cyclic N) is 1. The van der Waals surface area contributed by atoms with Crippen LogP contribution in [-0.2, 0) is 16.1 Å². The van der Waals surface area contributed by atoms with Crippen molar-refractivity contribution in [2.45, 2.75) is 25.7 Å². The van der Waals surface area contributed by atoms with Crippen molar-refractivity contribution in [3.63, 3.8) is 0 Å². The molecule has 7 heteroatoms. The second-order valence-corrected chi connectivity index (χ2v) is 6.78. The standard InChI is InChI=1S/C20H21ClN2O4/c1-14-19(25)22(20(26)23(14)16-8-3-2-4-9-16)11-17(24)13-27-12-15-7-5-6-10-18(15)21/h2-10,14,17,24H,11-13H2,1H3/t14-,17-/m0/s1. The Morgan fingerprint density at radius 2 is 1.78 bits per heavy atom. The van der Waals surface area contributed by atoms with Gasteiger partial charge in [0.1, 0.15) is 6.04 Å². The Labute approximate surface area is 162 Å². The Morgan fingerprint density at radius 3 is 2.48 bits per heavy atom. The van der Waals surface area contributed by atoms with E-state index in [0.717, 1.165) is 10.5 Å². The normalized spacial score (nSPS) is 18.3. The summed E-state index contributed by atoms with van der Waals surface area (Å²) in [6.45, 7) is 1.79. The van der Waals surface area contributed by atoms with Gasteiger partial charge in [-0.15, -0.1) is 0 Å². The summed E-state index contributed by atoms with van der Waals surface area (Å²) >= 11 is 6.06. The average molecular weight is 389 g/mol. The minimum atomic E-state index is -0.983. The predicted molar refractivity (Wildman–Crippen MR) is 103 cm³/mol. The van der Waals surface area contributed by atoms with E-state index in [1.165, 1.54) is 4.90 Å². The highest BCUT2D eigenvalue weighted by Crippen LogP contribution is 2.25. The largest absolute Gasteiger partial charge is 0.389 e. The quantitative estimate of drug-likeness (QED) is 0.740. The highest BCUT2D eigenvalue weighted by Gasteiger charge is 2.43. The number of halogens is 1. The topological polar surface area (TPSA) is 70.1 Å². The first-order chi connectivity index (χ1) is 13.0. The number of hydrogen-bond donors (Lipinski definition) is 1. The molecular formula is C20H21ClN2O4. The fourth-order valence-corrected chi connectivity index (χ4v) is 3.19. The predicted octanol–water partition coefficient (Wildman–Crippen LogP) is 3.07. The summed E-state index contributed by atoms with van der Waals surface area (Å²) in [5.74, 6) is -0.339. The zero-order valence-electron chi connectivity index (χ0n) is 14.9. The van der Waals surface area contributed by atoms with E-state index < -0.39 is 18.2 Å². The van der Waals surface area contributed by atoms with E-state index in [2.05, 4.69) is 0 Å². The number of para-hydroxylation sites is 1. The van der Waals surface area contributed by atoms with Crippen LogP contribution in [0.25, 0.3) is 0 Å². The van der Waals surface area contributed by atoms with Gasteiger partial charge in [-0.2, -0.15) is 0 Å². The summed E-state index contributed by atoms with van der Waals surface area (Å²) in [7, 11) is 0. The fourth-order valence-electron chi connectivity index (χ4n) is 3.00. The number of aliphatic hydroxyl groups excluding tert-OH is 1. The van der Waals surface area contributed by atoms with Crippen LogP contribution in [0, 0.1) is 0 Å². The second kappa shape index (κ2) is 8.52. The summed E-state index contributed by atoms with van der Waals surface area (Å²) in [5.41, 5.74) is 1.46. The number of benzene rings is 2. The Hall–Kier alpha value is -2.41. The van der Waals surface area contributed by atoms with Crippen molar-refractivity contribution in [2.24, 2.45) is 0 Å². The highest BCUT2D eigenvalue weighted by molar-refractivity contribution is 6.31. The van der Waals surface area contributed by atoms with E-state index in [9.17, 15) is 14.7 Å². The van der Waals surface area contributed by atoms with Gasteiger partial charge in [0.15, 0.2) is 0 Å². The van der Waals surface area contributed by atoms with E-state index >= 15 is 0 Å². The van der Waals surface area contributed by atoms with E-state index in [-0.39, 0.29) is 25.7 Å². The Morgan fingerprint density at radius 1 is 1.11 bits per heavy atom. The number of anilines is 1. The molecule has 1 saturated heterocycles. The number of carbonyl (C=O) groups excluding carboxylic acids is 2. The summed E-state index contributed by atoms with van der Waals surface area (Å²) < 4.78 is 5.48. The van der Waals surface area contributed by atoms with Crippen LogP contribution in [0.4, 0.5) is 10.5 Å². The molecule has 0 radical (unpaired) electrons.